The lowest BCUT2D eigenvalue weighted by atomic mass is 10.2. The van der Waals surface area contributed by atoms with Crippen LogP contribution in [0.25, 0.3) is 10.2 Å². The number of benzene rings is 1. The molecule has 0 atom stereocenters. The Hall–Kier alpha value is -0.450. The third-order valence-electron chi connectivity index (χ3n) is 1.49. The first-order valence-corrected chi connectivity index (χ1v) is 4.87. The monoisotopic (exact) mass is 245 g/mol. The van der Waals surface area contributed by atoms with Crippen LogP contribution in [0.15, 0.2) is 22.1 Å². The van der Waals surface area contributed by atoms with Crippen molar-refractivity contribution < 1.29 is 7.85 Å². The minimum absolute atomic E-state index is 0.251. The highest BCUT2D eigenvalue weighted by Crippen LogP contribution is 2.26. The molecule has 1 heterocycles. The van der Waals surface area contributed by atoms with Crippen molar-refractivity contribution in [2.75, 3.05) is 0 Å². The predicted molar refractivity (Wildman–Crippen MR) is 53.2 cm³/mol. The fraction of sp³-hybridized carbons (Fsp3) is 0.125. The second kappa shape index (κ2) is 3.12. The van der Waals surface area contributed by atoms with Gasteiger partial charge >= 0.3 is 0 Å². The van der Waals surface area contributed by atoms with Gasteiger partial charge in [-0.1, -0.05) is 6.07 Å². The molecular weight excluding hydrogens is 238 g/mol. The highest BCUT2D eigenvalue weighted by molar-refractivity contribution is 9.11. The van der Waals surface area contributed by atoms with Crippen LogP contribution in [0.2, 0.25) is 0 Å². The van der Waals surface area contributed by atoms with Crippen LogP contribution >= 0.6 is 27.3 Å². The zero-order valence-corrected chi connectivity index (χ0v) is 8.32. The summed E-state index contributed by atoms with van der Waals surface area (Å²) in [4.78, 5) is 4.17. The van der Waals surface area contributed by atoms with E-state index in [2.05, 4.69) is 20.9 Å². The van der Waals surface area contributed by atoms with E-state index >= 15 is 0 Å². The highest BCUT2D eigenvalue weighted by Gasteiger charge is 2.00. The Labute approximate surface area is 84.8 Å². The van der Waals surface area contributed by atoms with Gasteiger partial charge in [0.2, 0.25) is 0 Å². The number of halogens is 1. The number of hydrogen-bond acceptors (Lipinski definition) is 3. The van der Waals surface area contributed by atoms with E-state index in [4.69, 9.17) is 7.85 Å². The normalized spacial score (nSPS) is 14.5. The molecule has 1 aromatic heterocycles. The molecule has 0 saturated carbocycles. The van der Waals surface area contributed by atoms with Gasteiger partial charge in [-0.25, -0.2) is 4.98 Å². The third kappa shape index (κ3) is 1.37. The van der Waals surface area contributed by atoms with Gasteiger partial charge in [0.1, 0.15) is 0 Å². The summed E-state index contributed by atoms with van der Waals surface area (Å²) >= 11 is 4.66. The molecule has 0 aliphatic heterocycles. The van der Waals surface area contributed by atoms with E-state index in [1.165, 1.54) is 17.4 Å². The molecule has 0 amide bonds. The highest BCUT2D eigenvalue weighted by atomic mass is 79.9. The van der Waals surface area contributed by atoms with Gasteiger partial charge in [-0.2, -0.15) is 0 Å². The molecule has 2 nitrogen and oxygen atoms in total. The molecule has 12 heavy (non-hydrogen) atoms. The molecule has 0 radical (unpaired) electrons. The number of fused-ring (bicyclic) bond motifs is 1. The van der Waals surface area contributed by atoms with E-state index in [1.807, 2.05) is 0 Å². The molecule has 4 heteroatoms. The molecule has 0 saturated heterocycles. The summed E-state index contributed by atoms with van der Waals surface area (Å²) < 4.78 is 15.9. The van der Waals surface area contributed by atoms with Gasteiger partial charge < -0.3 is 5.11 Å². The van der Waals surface area contributed by atoms with E-state index in [1.54, 1.807) is 12.1 Å². The van der Waals surface area contributed by atoms with Gasteiger partial charge in [-0.3, -0.25) is 0 Å². The Morgan fingerprint density at radius 1 is 1.67 bits per heavy atom. The van der Waals surface area contributed by atoms with Crippen LogP contribution in [-0.2, 0) is 6.56 Å². The minimum atomic E-state index is -2.29. The zero-order chi connectivity index (χ0) is 10.3. The predicted octanol–water partition coefficient (Wildman–Crippen LogP) is 2.55. The maximum absolute atomic E-state index is 9.16. The Morgan fingerprint density at radius 2 is 2.50 bits per heavy atom. The molecule has 0 aliphatic rings. The van der Waals surface area contributed by atoms with E-state index in [0.717, 1.165) is 14.1 Å². The van der Waals surface area contributed by atoms with Crippen molar-refractivity contribution in [2.24, 2.45) is 0 Å². The molecule has 0 spiro atoms. The first-order valence-electron chi connectivity index (χ1n) is 4.26. The third-order valence-corrected chi connectivity index (χ3v) is 2.96. The van der Waals surface area contributed by atoms with Crippen LogP contribution in [0.1, 0.15) is 8.30 Å². The molecule has 1 aromatic carbocycles. The number of nitrogens with zero attached hydrogens (tertiary/aromatic N) is 1. The van der Waals surface area contributed by atoms with E-state index in [-0.39, 0.29) is 5.56 Å². The van der Waals surface area contributed by atoms with Crippen molar-refractivity contribution in [2.45, 2.75) is 6.56 Å². The molecule has 62 valence electrons. The molecule has 1 N–H and O–H groups in total. The topological polar surface area (TPSA) is 33.1 Å². The van der Waals surface area contributed by atoms with Crippen molar-refractivity contribution in [3.63, 3.8) is 0 Å². The Kier molecular flexibility index (Phi) is 1.58. The van der Waals surface area contributed by atoms with Crippen LogP contribution in [0.5, 0.6) is 0 Å². The lowest BCUT2D eigenvalue weighted by Gasteiger charge is -1.92. The molecule has 0 aliphatic carbocycles. The maximum Gasteiger partial charge on any atom is 0.160 e. The Balaban J connectivity index is 2.62. The lowest BCUT2D eigenvalue weighted by molar-refractivity contribution is 0.282. The van der Waals surface area contributed by atoms with Crippen LogP contribution in [0.3, 0.4) is 0 Å². The molecule has 0 bridgehead atoms. The zero-order valence-electron chi connectivity index (χ0n) is 7.91. The standard InChI is InChI=1S/C8H6BrNOS/c9-8-10-6-2-1-5(4-11)3-7(6)12-8/h1-3,11H,4H2/i4D2. The molecule has 0 fully saturated rings. The molecular formula is C8H6BrNOS. The van der Waals surface area contributed by atoms with Gasteiger partial charge in [0.05, 0.1) is 19.5 Å². The van der Waals surface area contributed by atoms with Gasteiger partial charge in [-0.15, -0.1) is 11.3 Å². The number of thiazole rings is 1. The van der Waals surface area contributed by atoms with Gasteiger partial charge in [0, 0.05) is 0 Å². The van der Waals surface area contributed by atoms with Gasteiger partial charge in [0.25, 0.3) is 0 Å². The number of aliphatic hydroxyl groups is 1. The van der Waals surface area contributed by atoms with Crippen molar-refractivity contribution in [1.29, 1.82) is 0 Å². The number of aromatic nitrogens is 1. The average molecular weight is 246 g/mol. The summed E-state index contributed by atoms with van der Waals surface area (Å²) in [5, 5.41) is 9.16. The quantitative estimate of drug-likeness (QED) is 0.838. The summed E-state index contributed by atoms with van der Waals surface area (Å²) in [6.07, 6.45) is 0. The first-order chi connectivity index (χ1) is 6.47. The molecule has 2 aromatic rings. The SMILES string of the molecule is [2H]C([2H])(O)c1ccc2nc(Br)sc2c1. The van der Waals surface area contributed by atoms with Crippen LogP contribution in [0, 0.1) is 0 Å². The summed E-state index contributed by atoms with van der Waals surface area (Å²) in [5.74, 6) is 0. The Morgan fingerprint density at radius 3 is 3.25 bits per heavy atom. The van der Waals surface area contributed by atoms with Crippen molar-refractivity contribution in [3.8, 4) is 0 Å². The fourth-order valence-electron chi connectivity index (χ4n) is 0.966. The van der Waals surface area contributed by atoms with Crippen molar-refractivity contribution >= 4 is 37.5 Å². The van der Waals surface area contributed by atoms with Crippen LogP contribution < -0.4 is 0 Å². The fourth-order valence-corrected chi connectivity index (χ4v) is 2.41. The summed E-state index contributed by atoms with van der Waals surface area (Å²) in [7, 11) is 0. The van der Waals surface area contributed by atoms with Crippen molar-refractivity contribution in [1.82, 2.24) is 4.98 Å². The van der Waals surface area contributed by atoms with Gasteiger partial charge in [-0.05, 0) is 33.6 Å². The average Bonchev–Trinajstić information content (AvgIpc) is 2.41. The van der Waals surface area contributed by atoms with Crippen LogP contribution in [-0.4, -0.2) is 10.1 Å². The number of rotatable bonds is 1. The second-order valence-electron chi connectivity index (χ2n) is 2.26. The maximum atomic E-state index is 9.16. The smallest absolute Gasteiger partial charge is 0.160 e. The number of hydrogen-bond donors (Lipinski definition) is 1. The van der Waals surface area contributed by atoms with Crippen molar-refractivity contribution in [3.05, 3.63) is 27.7 Å². The summed E-state index contributed by atoms with van der Waals surface area (Å²) in [6, 6.07) is 4.84. The minimum Gasteiger partial charge on any atom is -0.392 e. The summed E-state index contributed by atoms with van der Waals surface area (Å²) in [6.45, 7) is -2.29. The molecule has 0 unspecified atom stereocenters. The second-order valence-corrected chi connectivity index (χ2v) is 4.57. The van der Waals surface area contributed by atoms with E-state index < -0.39 is 6.56 Å². The lowest BCUT2D eigenvalue weighted by Crippen LogP contribution is -1.80. The van der Waals surface area contributed by atoms with Gasteiger partial charge in [0.15, 0.2) is 3.92 Å². The largest absolute Gasteiger partial charge is 0.392 e. The van der Waals surface area contributed by atoms with E-state index in [0.29, 0.717) is 0 Å². The summed E-state index contributed by atoms with van der Waals surface area (Å²) in [5.41, 5.74) is 1.05. The first kappa shape index (κ1) is 6.07. The van der Waals surface area contributed by atoms with Crippen LogP contribution in [0.4, 0.5) is 0 Å². The Bertz CT molecular complexity index is 480. The molecule has 2 rings (SSSR count). The van der Waals surface area contributed by atoms with E-state index in [9.17, 15) is 0 Å².